The number of hydrogen-bond donors (Lipinski definition) is 1. The van der Waals surface area contributed by atoms with Gasteiger partial charge in [-0.1, -0.05) is 27.2 Å². The topological polar surface area (TPSA) is 75.2 Å². The minimum atomic E-state index is -3.51. The molecule has 1 aromatic heterocycles. The molecule has 1 rings (SSSR count). The molecule has 0 bridgehead atoms. The molecule has 1 heterocycles. The molecule has 20 heavy (non-hydrogen) atoms. The van der Waals surface area contributed by atoms with Crippen LogP contribution < -0.4 is 5.32 Å². The van der Waals surface area contributed by atoms with E-state index in [-0.39, 0.29) is 4.90 Å². The lowest BCUT2D eigenvalue weighted by atomic mass is 10.1. The molecule has 0 aliphatic rings. The molecule has 1 N–H and O–H groups in total. The zero-order chi connectivity index (χ0) is 15.2. The Balaban J connectivity index is 2.95. The van der Waals surface area contributed by atoms with Crippen LogP contribution in [0.1, 0.15) is 34.1 Å². The van der Waals surface area contributed by atoms with Crippen molar-refractivity contribution in [3.05, 3.63) is 12.4 Å². The molecule has 0 fully saturated rings. The van der Waals surface area contributed by atoms with Gasteiger partial charge in [-0.25, -0.2) is 18.4 Å². The van der Waals surface area contributed by atoms with Crippen LogP contribution in [-0.2, 0) is 10.0 Å². The van der Waals surface area contributed by atoms with Gasteiger partial charge in [-0.05, 0) is 12.8 Å². The van der Waals surface area contributed by atoms with Crippen LogP contribution in [0.4, 0.5) is 5.95 Å². The maximum Gasteiger partial charge on any atom is 0.246 e. The van der Waals surface area contributed by atoms with Crippen LogP contribution in [0, 0.1) is 5.92 Å². The van der Waals surface area contributed by atoms with Crippen molar-refractivity contribution in [2.45, 2.75) is 39.0 Å². The van der Waals surface area contributed by atoms with Gasteiger partial charge in [0.15, 0.2) is 0 Å². The highest BCUT2D eigenvalue weighted by Crippen LogP contribution is 2.17. The maximum atomic E-state index is 12.5. The van der Waals surface area contributed by atoms with Crippen molar-refractivity contribution >= 4 is 16.0 Å². The third-order valence-corrected chi connectivity index (χ3v) is 5.06. The Morgan fingerprint density at radius 2 is 1.85 bits per heavy atom. The molecule has 0 saturated carbocycles. The average molecular weight is 300 g/mol. The number of aromatic nitrogens is 2. The molecule has 7 heteroatoms. The van der Waals surface area contributed by atoms with Crippen molar-refractivity contribution in [3.8, 4) is 0 Å². The molecule has 6 nitrogen and oxygen atoms in total. The Morgan fingerprint density at radius 3 is 2.30 bits per heavy atom. The van der Waals surface area contributed by atoms with Crippen molar-refractivity contribution < 1.29 is 8.42 Å². The van der Waals surface area contributed by atoms with E-state index in [4.69, 9.17) is 0 Å². The van der Waals surface area contributed by atoms with E-state index in [1.54, 1.807) is 0 Å². The fraction of sp³-hybridized carbons (Fsp3) is 0.692. The quantitative estimate of drug-likeness (QED) is 0.794. The summed E-state index contributed by atoms with van der Waals surface area (Å²) in [6.45, 7) is 9.53. The Hall–Kier alpha value is -1.21. The number of nitrogens with one attached hydrogen (secondary N) is 1. The van der Waals surface area contributed by atoms with Crippen LogP contribution in [0.25, 0.3) is 0 Å². The van der Waals surface area contributed by atoms with Crippen LogP contribution in [-0.4, -0.2) is 42.3 Å². The van der Waals surface area contributed by atoms with Gasteiger partial charge >= 0.3 is 0 Å². The van der Waals surface area contributed by atoms with E-state index in [1.165, 1.54) is 16.7 Å². The minimum absolute atomic E-state index is 0.143. The monoisotopic (exact) mass is 300 g/mol. The summed E-state index contributed by atoms with van der Waals surface area (Å²) in [5.74, 6) is 0.767. The zero-order valence-electron chi connectivity index (χ0n) is 12.6. The highest BCUT2D eigenvalue weighted by Gasteiger charge is 2.25. The molecular weight excluding hydrogens is 276 g/mol. The molecule has 0 spiro atoms. The smallest absolute Gasteiger partial charge is 0.246 e. The van der Waals surface area contributed by atoms with Crippen molar-refractivity contribution in [3.63, 3.8) is 0 Å². The lowest BCUT2D eigenvalue weighted by molar-refractivity contribution is 0.361. The van der Waals surface area contributed by atoms with Crippen molar-refractivity contribution in [2.75, 3.05) is 25.0 Å². The first-order chi connectivity index (χ1) is 9.45. The van der Waals surface area contributed by atoms with Gasteiger partial charge in [0.2, 0.25) is 16.0 Å². The Bertz CT molecular complexity index is 502. The van der Waals surface area contributed by atoms with Gasteiger partial charge in [-0.3, -0.25) is 0 Å². The zero-order valence-corrected chi connectivity index (χ0v) is 13.4. The third kappa shape index (κ3) is 4.14. The largest absolute Gasteiger partial charge is 0.355 e. The van der Waals surface area contributed by atoms with Crippen LogP contribution >= 0.6 is 0 Å². The lowest BCUT2D eigenvalue weighted by Gasteiger charge is -2.23. The average Bonchev–Trinajstić information content (AvgIpc) is 2.45. The summed E-state index contributed by atoms with van der Waals surface area (Å²) in [6.07, 6.45) is 3.67. The van der Waals surface area contributed by atoms with E-state index < -0.39 is 10.0 Å². The molecule has 114 valence electrons. The number of sulfonamides is 1. The van der Waals surface area contributed by atoms with Crippen LogP contribution in [0.2, 0.25) is 0 Å². The summed E-state index contributed by atoms with van der Waals surface area (Å²) >= 11 is 0. The highest BCUT2D eigenvalue weighted by molar-refractivity contribution is 7.89. The summed E-state index contributed by atoms with van der Waals surface area (Å²) in [6, 6.07) is 0. The molecule has 0 radical (unpaired) electrons. The molecular formula is C13H24N4O2S. The Labute approximate surface area is 121 Å². The Morgan fingerprint density at radius 1 is 1.25 bits per heavy atom. The highest BCUT2D eigenvalue weighted by atomic mass is 32.2. The molecule has 0 saturated heterocycles. The molecule has 0 aromatic carbocycles. The van der Waals surface area contributed by atoms with E-state index >= 15 is 0 Å². The first-order valence-electron chi connectivity index (χ1n) is 7.01. The molecule has 1 aromatic rings. The summed E-state index contributed by atoms with van der Waals surface area (Å²) in [5, 5.41) is 2.94. The van der Waals surface area contributed by atoms with Gasteiger partial charge in [0.1, 0.15) is 4.90 Å². The van der Waals surface area contributed by atoms with E-state index in [2.05, 4.69) is 22.2 Å². The first kappa shape index (κ1) is 16.8. The summed E-state index contributed by atoms with van der Waals surface area (Å²) in [5.41, 5.74) is 0. The van der Waals surface area contributed by atoms with Gasteiger partial charge in [-0.2, -0.15) is 4.31 Å². The van der Waals surface area contributed by atoms with Crippen LogP contribution in [0.3, 0.4) is 0 Å². The van der Waals surface area contributed by atoms with E-state index in [0.717, 1.165) is 6.42 Å². The van der Waals surface area contributed by atoms with Crippen molar-refractivity contribution in [1.29, 1.82) is 0 Å². The van der Waals surface area contributed by atoms with Crippen molar-refractivity contribution in [2.24, 2.45) is 5.92 Å². The second-order valence-corrected chi connectivity index (χ2v) is 6.68. The molecule has 0 aliphatic carbocycles. The number of rotatable bonds is 8. The van der Waals surface area contributed by atoms with Gasteiger partial charge in [-0.15, -0.1) is 0 Å². The Kier molecular flexibility index (Phi) is 6.35. The predicted octanol–water partition coefficient (Wildman–Crippen LogP) is 1.97. The number of nitrogens with zero attached hydrogens (tertiary/aromatic N) is 3. The standard InChI is InChI=1S/C13H24N4O2S/c1-5-11(4)10-17(7-3)20(18,19)12-8-15-13(14-6-2)16-9-12/h8-9,11H,5-7,10H2,1-4H3,(H,14,15,16). The van der Waals surface area contributed by atoms with Gasteiger partial charge < -0.3 is 5.32 Å². The van der Waals surface area contributed by atoms with Crippen LogP contribution in [0.5, 0.6) is 0 Å². The first-order valence-corrected chi connectivity index (χ1v) is 8.45. The fourth-order valence-electron chi connectivity index (χ4n) is 1.72. The fourth-order valence-corrected chi connectivity index (χ4v) is 3.18. The normalized spacial score (nSPS) is 13.4. The number of anilines is 1. The van der Waals surface area contributed by atoms with E-state index in [9.17, 15) is 8.42 Å². The van der Waals surface area contributed by atoms with Gasteiger partial charge in [0, 0.05) is 19.6 Å². The second-order valence-electron chi connectivity index (χ2n) is 4.74. The van der Waals surface area contributed by atoms with E-state index in [1.807, 2.05) is 20.8 Å². The molecule has 1 atom stereocenters. The SMILES string of the molecule is CCNc1ncc(S(=O)(=O)N(CC)CC(C)CC)cn1. The summed E-state index contributed by atoms with van der Waals surface area (Å²) < 4.78 is 26.5. The molecule has 1 unspecified atom stereocenters. The minimum Gasteiger partial charge on any atom is -0.355 e. The second kappa shape index (κ2) is 7.54. The van der Waals surface area contributed by atoms with Crippen LogP contribution in [0.15, 0.2) is 17.3 Å². The van der Waals surface area contributed by atoms with Crippen molar-refractivity contribution in [1.82, 2.24) is 14.3 Å². The number of hydrogen-bond acceptors (Lipinski definition) is 5. The molecule has 0 aliphatic heterocycles. The summed E-state index contributed by atoms with van der Waals surface area (Å²) in [7, 11) is -3.51. The van der Waals surface area contributed by atoms with Gasteiger partial charge in [0.05, 0.1) is 12.4 Å². The van der Waals surface area contributed by atoms with E-state index in [0.29, 0.717) is 31.5 Å². The summed E-state index contributed by atoms with van der Waals surface area (Å²) in [4.78, 5) is 8.19. The molecule has 0 amide bonds. The third-order valence-electron chi connectivity index (χ3n) is 3.17. The lowest BCUT2D eigenvalue weighted by Crippen LogP contribution is -2.34. The maximum absolute atomic E-state index is 12.5. The predicted molar refractivity (Wildman–Crippen MR) is 80.1 cm³/mol. The van der Waals surface area contributed by atoms with Gasteiger partial charge in [0.25, 0.3) is 0 Å².